The van der Waals surface area contributed by atoms with Gasteiger partial charge in [-0.1, -0.05) is 42.5 Å². The van der Waals surface area contributed by atoms with Crippen LogP contribution in [0.25, 0.3) is 0 Å². The highest BCUT2D eigenvalue weighted by Crippen LogP contribution is 2.33. The maximum Gasteiger partial charge on any atom is 0.201 e. The Morgan fingerprint density at radius 1 is 1.11 bits per heavy atom. The van der Waals surface area contributed by atoms with Gasteiger partial charge in [0, 0.05) is 18.2 Å². The van der Waals surface area contributed by atoms with Crippen LogP contribution in [0.5, 0.6) is 0 Å². The maximum absolute atomic E-state index is 12.2. The van der Waals surface area contributed by atoms with Crippen molar-refractivity contribution in [2.45, 2.75) is 18.8 Å². The summed E-state index contributed by atoms with van der Waals surface area (Å²) in [5.74, 6) is -0.205. The molecule has 0 heterocycles. The van der Waals surface area contributed by atoms with Crippen molar-refractivity contribution in [1.82, 2.24) is 0 Å². The van der Waals surface area contributed by atoms with Crippen LogP contribution in [0.2, 0.25) is 0 Å². The van der Waals surface area contributed by atoms with Crippen molar-refractivity contribution in [3.05, 3.63) is 71.9 Å². The molecule has 0 fully saturated rings. The molecule has 140 valence electrons. The molecule has 1 unspecified atom stereocenters. The fourth-order valence-electron chi connectivity index (χ4n) is 3.06. The van der Waals surface area contributed by atoms with Crippen molar-refractivity contribution in [1.29, 1.82) is 10.7 Å². The number of nitriles is 1. The number of rotatable bonds is 6. The van der Waals surface area contributed by atoms with Gasteiger partial charge in [0.2, 0.25) is 5.71 Å². The number of anilines is 2. The van der Waals surface area contributed by atoms with Gasteiger partial charge in [0.15, 0.2) is 11.6 Å². The Kier molecular flexibility index (Phi) is 5.82. The van der Waals surface area contributed by atoms with E-state index in [-0.39, 0.29) is 17.4 Å². The Morgan fingerprint density at radius 3 is 2.46 bits per heavy atom. The Bertz CT molecular complexity index is 987. The summed E-state index contributed by atoms with van der Waals surface area (Å²) in [6, 6.07) is 19.0. The first kappa shape index (κ1) is 18.9. The van der Waals surface area contributed by atoms with E-state index in [1.807, 2.05) is 48.5 Å². The van der Waals surface area contributed by atoms with Gasteiger partial charge < -0.3 is 11.1 Å². The standard InChI is InChI=1S/C21H20N6O/c22-13-20(21(23)24)27-26-19-9-5-4-8-18(19)25-16-10-15(11-17(28)12-16)14-6-2-1-3-7-14/h1-9,12,15,25-26H,10-11H2,(H3,23,24)/b27-20+. The van der Waals surface area contributed by atoms with E-state index in [0.717, 1.165) is 11.3 Å². The molecule has 1 aliphatic rings. The van der Waals surface area contributed by atoms with Crippen molar-refractivity contribution in [3.63, 3.8) is 0 Å². The van der Waals surface area contributed by atoms with Crippen molar-refractivity contribution in [2.75, 3.05) is 10.7 Å². The molecule has 28 heavy (non-hydrogen) atoms. The number of benzene rings is 2. The molecule has 7 nitrogen and oxygen atoms in total. The summed E-state index contributed by atoms with van der Waals surface area (Å²) in [5.41, 5.74) is 11.1. The summed E-state index contributed by atoms with van der Waals surface area (Å²) in [7, 11) is 0. The van der Waals surface area contributed by atoms with E-state index in [1.165, 1.54) is 0 Å². The van der Waals surface area contributed by atoms with Crippen LogP contribution in [0.3, 0.4) is 0 Å². The molecule has 0 amide bonds. The number of nitrogens with two attached hydrogens (primary N) is 1. The minimum absolute atomic E-state index is 0.0782. The third-order valence-electron chi connectivity index (χ3n) is 4.39. The summed E-state index contributed by atoms with van der Waals surface area (Å²) < 4.78 is 0. The van der Waals surface area contributed by atoms with Gasteiger partial charge in [-0.15, -0.1) is 0 Å². The first-order valence-corrected chi connectivity index (χ1v) is 8.79. The third-order valence-corrected chi connectivity index (χ3v) is 4.39. The molecule has 1 atom stereocenters. The van der Waals surface area contributed by atoms with Crippen LogP contribution in [0.15, 0.2) is 71.5 Å². The molecule has 5 N–H and O–H groups in total. The predicted octanol–water partition coefficient (Wildman–Crippen LogP) is 3.36. The number of carbonyl (C=O) groups excluding carboxylic acids is 1. The van der Waals surface area contributed by atoms with Crippen LogP contribution in [-0.4, -0.2) is 17.3 Å². The second kappa shape index (κ2) is 8.64. The summed E-state index contributed by atoms with van der Waals surface area (Å²) in [5, 5.41) is 23.5. The van der Waals surface area contributed by atoms with Crippen LogP contribution >= 0.6 is 0 Å². The lowest BCUT2D eigenvalue weighted by Crippen LogP contribution is -2.22. The van der Waals surface area contributed by atoms with Crippen molar-refractivity contribution in [3.8, 4) is 6.07 Å². The molecule has 2 aromatic carbocycles. The summed E-state index contributed by atoms with van der Waals surface area (Å²) in [6.45, 7) is 0. The normalized spacial score (nSPS) is 16.7. The maximum atomic E-state index is 12.2. The number of hydrogen-bond acceptors (Lipinski definition) is 6. The largest absolute Gasteiger partial charge is 0.382 e. The molecule has 0 saturated carbocycles. The fraction of sp³-hybridized carbons (Fsp3) is 0.143. The number of para-hydroxylation sites is 2. The average molecular weight is 372 g/mol. The van der Waals surface area contributed by atoms with Gasteiger partial charge in [0.05, 0.1) is 11.4 Å². The number of ketones is 1. The van der Waals surface area contributed by atoms with Crippen molar-refractivity contribution in [2.24, 2.45) is 10.8 Å². The topological polar surface area (TPSA) is 127 Å². The van der Waals surface area contributed by atoms with Gasteiger partial charge in [0.25, 0.3) is 0 Å². The van der Waals surface area contributed by atoms with Crippen LogP contribution < -0.4 is 16.5 Å². The molecule has 0 saturated heterocycles. The predicted molar refractivity (Wildman–Crippen MR) is 110 cm³/mol. The molecule has 0 spiro atoms. The quantitative estimate of drug-likeness (QED) is 0.351. The molecule has 0 aliphatic heterocycles. The zero-order chi connectivity index (χ0) is 19.9. The molecule has 0 aromatic heterocycles. The first-order valence-electron chi connectivity index (χ1n) is 8.79. The van der Waals surface area contributed by atoms with Crippen LogP contribution in [0.4, 0.5) is 11.4 Å². The van der Waals surface area contributed by atoms with E-state index < -0.39 is 5.84 Å². The van der Waals surface area contributed by atoms with Crippen molar-refractivity contribution < 1.29 is 4.79 Å². The molecule has 0 radical (unpaired) electrons. The summed E-state index contributed by atoms with van der Waals surface area (Å²) >= 11 is 0. The van der Waals surface area contributed by atoms with E-state index in [0.29, 0.717) is 24.2 Å². The van der Waals surface area contributed by atoms with E-state index in [9.17, 15) is 4.79 Å². The fourth-order valence-corrected chi connectivity index (χ4v) is 3.06. The zero-order valence-corrected chi connectivity index (χ0v) is 15.1. The second-order valence-electron chi connectivity index (χ2n) is 6.42. The lowest BCUT2D eigenvalue weighted by atomic mass is 9.85. The molecule has 2 aromatic rings. The van der Waals surface area contributed by atoms with E-state index in [4.69, 9.17) is 16.4 Å². The Labute approximate surface area is 163 Å². The van der Waals surface area contributed by atoms with Crippen molar-refractivity contribution >= 4 is 28.7 Å². The first-order chi connectivity index (χ1) is 13.6. The SMILES string of the molecule is N#C/C(=N\Nc1ccccc1NC1=CC(=O)CC(c2ccccc2)C1)C(=N)N. The monoisotopic (exact) mass is 372 g/mol. The highest BCUT2D eigenvalue weighted by atomic mass is 16.1. The molecule has 3 rings (SSSR count). The third kappa shape index (κ3) is 4.62. The van der Waals surface area contributed by atoms with Gasteiger partial charge in [0.1, 0.15) is 6.07 Å². The smallest absolute Gasteiger partial charge is 0.201 e. The molecule has 0 bridgehead atoms. The molecular formula is C21H20N6O. The average Bonchev–Trinajstić information content (AvgIpc) is 2.69. The highest BCUT2D eigenvalue weighted by Gasteiger charge is 2.22. The number of amidine groups is 1. The van der Waals surface area contributed by atoms with Gasteiger partial charge in [-0.05, 0) is 30.0 Å². The van der Waals surface area contributed by atoms with Crippen LogP contribution in [0.1, 0.15) is 24.3 Å². The Hall–Kier alpha value is -3.92. The lowest BCUT2D eigenvalue weighted by Gasteiger charge is -2.24. The lowest BCUT2D eigenvalue weighted by molar-refractivity contribution is -0.115. The van der Waals surface area contributed by atoms with E-state index in [1.54, 1.807) is 18.2 Å². The van der Waals surface area contributed by atoms with Crippen LogP contribution in [0, 0.1) is 16.7 Å². The number of nitrogens with zero attached hydrogens (tertiary/aromatic N) is 2. The van der Waals surface area contributed by atoms with Gasteiger partial charge in [-0.25, -0.2) is 0 Å². The second-order valence-corrected chi connectivity index (χ2v) is 6.42. The molecule has 7 heteroatoms. The minimum atomic E-state index is -0.410. The van der Waals surface area contributed by atoms with E-state index in [2.05, 4.69) is 15.8 Å². The minimum Gasteiger partial charge on any atom is -0.382 e. The molecule has 1 aliphatic carbocycles. The van der Waals surface area contributed by atoms with Crippen LogP contribution in [-0.2, 0) is 4.79 Å². The number of hydrogen-bond donors (Lipinski definition) is 4. The molecular weight excluding hydrogens is 352 g/mol. The zero-order valence-electron chi connectivity index (χ0n) is 15.1. The number of carbonyl (C=O) groups is 1. The highest BCUT2D eigenvalue weighted by molar-refractivity contribution is 6.45. The van der Waals surface area contributed by atoms with Gasteiger partial charge >= 0.3 is 0 Å². The summed E-state index contributed by atoms with van der Waals surface area (Å²) in [4.78, 5) is 12.2. The summed E-state index contributed by atoms with van der Waals surface area (Å²) in [6.07, 6.45) is 2.84. The van der Waals surface area contributed by atoms with E-state index >= 15 is 0 Å². The van der Waals surface area contributed by atoms with Gasteiger partial charge in [-0.2, -0.15) is 10.4 Å². The Morgan fingerprint density at radius 2 is 1.79 bits per heavy atom. The number of hydrazone groups is 1. The number of nitrogens with one attached hydrogen (secondary N) is 3. The Balaban J connectivity index is 1.79. The number of allylic oxidation sites excluding steroid dienone is 2. The van der Waals surface area contributed by atoms with Gasteiger partial charge in [-0.3, -0.25) is 15.6 Å².